The van der Waals surface area contributed by atoms with Gasteiger partial charge in [0.05, 0.1) is 5.76 Å². The van der Waals surface area contributed by atoms with Gasteiger partial charge in [0.15, 0.2) is 0 Å². The van der Waals surface area contributed by atoms with Gasteiger partial charge in [0.2, 0.25) is 0 Å². The van der Waals surface area contributed by atoms with Gasteiger partial charge >= 0.3 is 0 Å². The molecule has 0 fully saturated rings. The molecule has 0 aromatic carbocycles. The first-order valence-electron chi connectivity index (χ1n) is 3.67. The van der Waals surface area contributed by atoms with E-state index in [-0.39, 0.29) is 12.2 Å². The Balaban J connectivity index is 3.25. The minimum atomic E-state index is -0.905. The summed E-state index contributed by atoms with van der Waals surface area (Å²) in [5.41, 5.74) is 0. The van der Waals surface area contributed by atoms with Gasteiger partial charge in [0, 0.05) is 6.42 Å². The molecule has 60 valence electrons. The highest BCUT2D eigenvalue weighted by Gasteiger charge is 2.05. The quantitative estimate of drug-likeness (QED) is 0.591. The molecule has 1 N–H and O–H groups in total. The van der Waals surface area contributed by atoms with Gasteiger partial charge in [0.1, 0.15) is 6.17 Å². The second kappa shape index (κ2) is 5.27. The van der Waals surface area contributed by atoms with E-state index in [0.717, 1.165) is 12.8 Å². The third-order valence-corrected chi connectivity index (χ3v) is 1.33. The molecule has 1 atom stereocenters. The number of unbranched alkanes of at least 4 members (excludes halogenated alkanes) is 1. The van der Waals surface area contributed by atoms with Crippen molar-refractivity contribution in [1.82, 2.24) is 0 Å². The lowest BCUT2D eigenvalue weighted by atomic mass is 10.1. The smallest absolute Gasteiger partial charge is 0.107 e. The molecule has 0 aromatic heterocycles. The van der Waals surface area contributed by atoms with Crippen molar-refractivity contribution >= 4 is 0 Å². The largest absolute Gasteiger partial charge is 0.513 e. The second-order valence-corrected chi connectivity index (χ2v) is 2.51. The fourth-order valence-corrected chi connectivity index (χ4v) is 0.783. The summed E-state index contributed by atoms with van der Waals surface area (Å²) in [5.74, 6) is -0.0522. The number of aliphatic hydroxyl groups is 1. The molecule has 10 heavy (non-hydrogen) atoms. The first-order chi connectivity index (χ1) is 4.66. The van der Waals surface area contributed by atoms with Gasteiger partial charge in [-0.2, -0.15) is 0 Å². The van der Waals surface area contributed by atoms with Crippen molar-refractivity contribution in [2.75, 3.05) is 0 Å². The average molecular weight is 146 g/mol. The van der Waals surface area contributed by atoms with Crippen LogP contribution >= 0.6 is 0 Å². The molecule has 0 saturated heterocycles. The molecule has 0 aromatic rings. The average Bonchev–Trinajstić information content (AvgIpc) is 1.82. The predicted molar refractivity (Wildman–Crippen MR) is 40.8 cm³/mol. The summed E-state index contributed by atoms with van der Waals surface area (Å²) < 4.78 is 12.6. The molecule has 1 unspecified atom stereocenters. The van der Waals surface area contributed by atoms with Gasteiger partial charge in [-0.25, -0.2) is 4.39 Å². The van der Waals surface area contributed by atoms with Crippen LogP contribution in [0.25, 0.3) is 0 Å². The Morgan fingerprint density at radius 2 is 2.30 bits per heavy atom. The number of hydrogen-bond donors (Lipinski definition) is 1. The number of alkyl halides is 1. The summed E-state index contributed by atoms with van der Waals surface area (Å²) in [5, 5.41) is 8.59. The molecular weight excluding hydrogens is 131 g/mol. The topological polar surface area (TPSA) is 20.2 Å². The maximum absolute atomic E-state index is 12.6. The molecule has 0 aliphatic rings. The monoisotopic (exact) mass is 146 g/mol. The van der Waals surface area contributed by atoms with Crippen LogP contribution in [0, 0.1) is 0 Å². The molecule has 0 heterocycles. The van der Waals surface area contributed by atoms with E-state index in [1.807, 2.05) is 6.92 Å². The summed E-state index contributed by atoms with van der Waals surface area (Å²) in [6, 6.07) is 0. The van der Waals surface area contributed by atoms with Crippen molar-refractivity contribution in [3.05, 3.63) is 12.3 Å². The number of aliphatic hydroxyl groups excluding tert-OH is 1. The molecule has 0 amide bonds. The highest BCUT2D eigenvalue weighted by atomic mass is 19.1. The molecular formula is C8H15FO. The van der Waals surface area contributed by atoms with Crippen LogP contribution in [0.5, 0.6) is 0 Å². The Hall–Kier alpha value is -0.530. The number of hydrogen-bond acceptors (Lipinski definition) is 1. The minimum Gasteiger partial charge on any atom is -0.513 e. The van der Waals surface area contributed by atoms with Crippen LogP contribution in [-0.2, 0) is 0 Å². The van der Waals surface area contributed by atoms with Gasteiger partial charge in [0.25, 0.3) is 0 Å². The Kier molecular flexibility index (Phi) is 4.99. The van der Waals surface area contributed by atoms with Crippen molar-refractivity contribution in [1.29, 1.82) is 0 Å². The van der Waals surface area contributed by atoms with Crippen molar-refractivity contribution in [2.45, 2.75) is 38.8 Å². The van der Waals surface area contributed by atoms with Crippen molar-refractivity contribution < 1.29 is 9.50 Å². The maximum atomic E-state index is 12.6. The van der Waals surface area contributed by atoms with Crippen molar-refractivity contribution in [3.63, 3.8) is 0 Å². The first-order valence-corrected chi connectivity index (χ1v) is 3.67. The van der Waals surface area contributed by atoms with Gasteiger partial charge in [-0.3, -0.25) is 0 Å². The lowest BCUT2D eigenvalue weighted by Crippen LogP contribution is -2.00. The third-order valence-electron chi connectivity index (χ3n) is 1.33. The number of halogens is 1. The van der Waals surface area contributed by atoms with E-state index in [0.29, 0.717) is 6.42 Å². The molecule has 0 radical (unpaired) electrons. The van der Waals surface area contributed by atoms with Crippen LogP contribution in [-0.4, -0.2) is 11.3 Å². The molecule has 1 nitrogen and oxygen atoms in total. The molecule has 0 bridgehead atoms. The lowest BCUT2D eigenvalue weighted by Gasteiger charge is -2.04. The van der Waals surface area contributed by atoms with Crippen LogP contribution in [0.15, 0.2) is 12.3 Å². The van der Waals surface area contributed by atoms with Crippen LogP contribution in [0.1, 0.15) is 32.6 Å². The van der Waals surface area contributed by atoms with Crippen LogP contribution in [0.3, 0.4) is 0 Å². The third kappa shape index (κ3) is 5.60. The normalized spacial score (nSPS) is 13.0. The summed E-state index contributed by atoms with van der Waals surface area (Å²) >= 11 is 0. The Morgan fingerprint density at radius 3 is 2.70 bits per heavy atom. The Bertz CT molecular complexity index is 101. The fourth-order valence-electron chi connectivity index (χ4n) is 0.783. The van der Waals surface area contributed by atoms with E-state index in [9.17, 15) is 4.39 Å². The molecule has 0 aliphatic carbocycles. The molecule has 2 heteroatoms. The van der Waals surface area contributed by atoms with E-state index in [2.05, 4.69) is 6.58 Å². The van der Waals surface area contributed by atoms with E-state index in [1.165, 1.54) is 0 Å². The first kappa shape index (κ1) is 9.47. The molecule has 0 aliphatic heterocycles. The van der Waals surface area contributed by atoms with Crippen molar-refractivity contribution in [3.8, 4) is 0 Å². The summed E-state index contributed by atoms with van der Waals surface area (Å²) in [4.78, 5) is 0. The van der Waals surface area contributed by atoms with Crippen LogP contribution in [0.4, 0.5) is 4.39 Å². The fraction of sp³-hybridized carbons (Fsp3) is 0.750. The predicted octanol–water partition coefficient (Wildman–Crippen LogP) is 2.98. The van der Waals surface area contributed by atoms with E-state index >= 15 is 0 Å². The van der Waals surface area contributed by atoms with Gasteiger partial charge < -0.3 is 5.11 Å². The van der Waals surface area contributed by atoms with Crippen molar-refractivity contribution in [2.24, 2.45) is 0 Å². The van der Waals surface area contributed by atoms with Gasteiger partial charge in [-0.05, 0) is 6.42 Å². The number of allylic oxidation sites excluding steroid dienone is 1. The van der Waals surface area contributed by atoms with E-state index < -0.39 is 6.17 Å². The zero-order chi connectivity index (χ0) is 7.98. The van der Waals surface area contributed by atoms with E-state index in [1.54, 1.807) is 0 Å². The summed E-state index contributed by atoms with van der Waals surface area (Å²) in [6.07, 6.45) is 1.61. The molecule has 0 saturated carbocycles. The highest BCUT2D eigenvalue weighted by Crippen LogP contribution is 2.11. The van der Waals surface area contributed by atoms with Crippen LogP contribution in [0.2, 0.25) is 0 Å². The zero-order valence-corrected chi connectivity index (χ0v) is 6.44. The Labute approximate surface area is 61.6 Å². The van der Waals surface area contributed by atoms with Gasteiger partial charge in [-0.1, -0.05) is 26.3 Å². The second-order valence-electron chi connectivity index (χ2n) is 2.51. The van der Waals surface area contributed by atoms with Gasteiger partial charge in [-0.15, -0.1) is 0 Å². The highest BCUT2D eigenvalue weighted by molar-refractivity contribution is 4.82. The lowest BCUT2D eigenvalue weighted by molar-refractivity contribution is 0.264. The van der Waals surface area contributed by atoms with E-state index in [4.69, 9.17) is 5.11 Å². The SMILES string of the molecule is C=C(O)CC(F)CCCC. The molecule has 0 spiro atoms. The Morgan fingerprint density at radius 1 is 1.70 bits per heavy atom. The maximum Gasteiger partial charge on any atom is 0.107 e. The zero-order valence-electron chi connectivity index (χ0n) is 6.44. The molecule has 0 rings (SSSR count). The summed E-state index contributed by atoms with van der Waals surface area (Å²) in [7, 11) is 0. The number of rotatable bonds is 5. The minimum absolute atomic E-state index is 0.0522. The summed E-state index contributed by atoms with van der Waals surface area (Å²) in [6.45, 7) is 5.23. The van der Waals surface area contributed by atoms with Crippen LogP contribution < -0.4 is 0 Å². The standard InChI is InChI=1S/C8H15FO/c1-3-4-5-8(9)6-7(2)10/h8,10H,2-6H2,1H3.